The van der Waals surface area contributed by atoms with Crippen LogP contribution in [0, 0.1) is 5.82 Å². The van der Waals surface area contributed by atoms with E-state index in [1.54, 1.807) is 24.3 Å². The Hall–Kier alpha value is -3.42. The molecule has 2 aromatic carbocycles. The minimum Gasteiger partial charge on any atom is -0.453 e. The van der Waals surface area contributed by atoms with Gasteiger partial charge in [0.05, 0.1) is 7.11 Å². The van der Waals surface area contributed by atoms with Gasteiger partial charge in [-0.3, -0.25) is 14.9 Å². The largest absolute Gasteiger partial charge is 0.453 e. The first kappa shape index (κ1) is 20.9. The van der Waals surface area contributed by atoms with Crippen LogP contribution in [0.2, 0.25) is 0 Å². The van der Waals surface area contributed by atoms with Gasteiger partial charge in [0, 0.05) is 30.8 Å². The fourth-order valence-electron chi connectivity index (χ4n) is 2.32. The number of halogens is 1. The molecule has 0 radical (unpaired) electrons. The van der Waals surface area contributed by atoms with Gasteiger partial charge in [-0.15, -0.1) is 0 Å². The Morgan fingerprint density at radius 2 is 1.64 bits per heavy atom. The Balaban J connectivity index is 1.64. The summed E-state index contributed by atoms with van der Waals surface area (Å²) in [6, 6.07) is 12.3. The van der Waals surface area contributed by atoms with Crippen LogP contribution in [0.25, 0.3) is 0 Å². The third kappa shape index (κ3) is 7.06. The van der Waals surface area contributed by atoms with E-state index in [2.05, 4.69) is 20.7 Å². The normalized spacial score (nSPS) is 10.1. The molecule has 0 unspecified atom stereocenters. The summed E-state index contributed by atoms with van der Waals surface area (Å²) in [4.78, 5) is 34.8. The third-order valence-corrected chi connectivity index (χ3v) is 3.85. The van der Waals surface area contributed by atoms with E-state index in [9.17, 15) is 18.8 Å². The lowest BCUT2D eigenvalue weighted by Crippen LogP contribution is -2.27. The van der Waals surface area contributed by atoms with E-state index in [1.165, 1.54) is 31.4 Å². The Bertz CT molecular complexity index is 807. The van der Waals surface area contributed by atoms with Gasteiger partial charge in [-0.05, 0) is 48.4 Å². The van der Waals surface area contributed by atoms with Crippen LogP contribution in [0.1, 0.15) is 28.8 Å². The van der Waals surface area contributed by atoms with Crippen molar-refractivity contribution in [2.24, 2.45) is 0 Å². The van der Waals surface area contributed by atoms with Crippen molar-refractivity contribution in [2.75, 3.05) is 19.0 Å². The molecule has 0 atom stereocenters. The van der Waals surface area contributed by atoms with Gasteiger partial charge in [0.15, 0.2) is 0 Å². The maximum atomic E-state index is 12.8. The van der Waals surface area contributed by atoms with E-state index in [-0.39, 0.29) is 18.2 Å². The van der Waals surface area contributed by atoms with Gasteiger partial charge in [0.25, 0.3) is 5.91 Å². The highest BCUT2D eigenvalue weighted by molar-refractivity contribution is 5.94. The summed E-state index contributed by atoms with van der Waals surface area (Å²) < 4.78 is 17.3. The average Bonchev–Trinajstić information content (AvgIpc) is 2.71. The second-order valence-electron chi connectivity index (χ2n) is 5.96. The SMILES string of the molecule is COC(=O)Nc1ccc(CNC(=O)CCCNC(=O)c2ccc(F)cc2)cc1. The fraction of sp³-hybridized carbons (Fsp3) is 0.250. The quantitative estimate of drug-likeness (QED) is 0.607. The summed E-state index contributed by atoms with van der Waals surface area (Å²) >= 11 is 0. The predicted octanol–water partition coefficient (Wildman–Crippen LogP) is 2.83. The van der Waals surface area contributed by atoms with Gasteiger partial charge in [-0.2, -0.15) is 0 Å². The number of anilines is 1. The number of ether oxygens (including phenoxy) is 1. The second kappa shape index (κ2) is 10.7. The van der Waals surface area contributed by atoms with Crippen LogP contribution in [0.5, 0.6) is 0 Å². The van der Waals surface area contributed by atoms with Crippen molar-refractivity contribution >= 4 is 23.6 Å². The number of methoxy groups -OCH3 is 1. The first-order valence-electron chi connectivity index (χ1n) is 8.72. The van der Waals surface area contributed by atoms with Crippen LogP contribution in [0.4, 0.5) is 14.9 Å². The minimum atomic E-state index is -0.549. The number of rotatable bonds is 8. The Kier molecular flexibility index (Phi) is 7.95. The van der Waals surface area contributed by atoms with Crippen molar-refractivity contribution in [1.29, 1.82) is 0 Å². The maximum absolute atomic E-state index is 12.8. The zero-order chi connectivity index (χ0) is 20.4. The molecule has 0 heterocycles. The third-order valence-electron chi connectivity index (χ3n) is 3.85. The van der Waals surface area contributed by atoms with Crippen molar-refractivity contribution in [2.45, 2.75) is 19.4 Å². The second-order valence-corrected chi connectivity index (χ2v) is 5.96. The van der Waals surface area contributed by atoms with Crippen LogP contribution in [0.15, 0.2) is 48.5 Å². The van der Waals surface area contributed by atoms with E-state index in [0.717, 1.165) is 5.56 Å². The van der Waals surface area contributed by atoms with E-state index in [0.29, 0.717) is 30.8 Å². The highest BCUT2D eigenvalue weighted by Crippen LogP contribution is 2.10. The molecule has 8 heteroatoms. The summed E-state index contributed by atoms with van der Waals surface area (Å²) in [5, 5.41) is 8.02. The number of carbonyl (C=O) groups excluding carboxylic acids is 3. The van der Waals surface area contributed by atoms with E-state index < -0.39 is 11.9 Å². The zero-order valence-corrected chi connectivity index (χ0v) is 15.5. The van der Waals surface area contributed by atoms with Crippen molar-refractivity contribution < 1.29 is 23.5 Å². The number of carbonyl (C=O) groups is 3. The topological polar surface area (TPSA) is 96.5 Å². The molecule has 0 aliphatic rings. The van der Waals surface area contributed by atoms with Crippen molar-refractivity contribution in [1.82, 2.24) is 10.6 Å². The summed E-state index contributed by atoms with van der Waals surface area (Å²) in [6.45, 7) is 0.705. The molecule has 0 aliphatic heterocycles. The number of amides is 3. The average molecular weight is 387 g/mol. The summed E-state index contributed by atoms with van der Waals surface area (Å²) in [5.74, 6) is -0.837. The summed E-state index contributed by atoms with van der Waals surface area (Å²) in [6.07, 6.45) is 0.208. The number of hydrogen-bond acceptors (Lipinski definition) is 4. The summed E-state index contributed by atoms with van der Waals surface area (Å²) in [5.41, 5.74) is 1.85. The minimum absolute atomic E-state index is 0.132. The molecule has 3 amide bonds. The molecular weight excluding hydrogens is 365 g/mol. The molecule has 0 aromatic heterocycles. The van der Waals surface area contributed by atoms with E-state index >= 15 is 0 Å². The Labute approximate surface area is 162 Å². The molecule has 0 saturated carbocycles. The molecule has 7 nitrogen and oxygen atoms in total. The van der Waals surface area contributed by atoms with Gasteiger partial charge in [0.2, 0.25) is 5.91 Å². The van der Waals surface area contributed by atoms with Gasteiger partial charge < -0.3 is 15.4 Å². The summed E-state index contributed by atoms with van der Waals surface area (Å²) in [7, 11) is 1.29. The van der Waals surface area contributed by atoms with Crippen molar-refractivity contribution in [3.8, 4) is 0 Å². The molecular formula is C20H22FN3O4. The molecule has 28 heavy (non-hydrogen) atoms. The molecule has 0 spiro atoms. The standard InChI is InChI=1S/C20H22FN3O4/c1-28-20(27)24-17-10-4-14(5-11-17)13-23-18(25)3-2-12-22-19(26)15-6-8-16(21)9-7-15/h4-11H,2-3,12-13H2,1H3,(H,22,26)(H,23,25)(H,24,27). The van der Waals surface area contributed by atoms with Crippen LogP contribution >= 0.6 is 0 Å². The van der Waals surface area contributed by atoms with Crippen LogP contribution in [-0.2, 0) is 16.1 Å². The zero-order valence-electron chi connectivity index (χ0n) is 15.5. The van der Waals surface area contributed by atoms with Crippen LogP contribution in [-0.4, -0.2) is 31.6 Å². The number of benzene rings is 2. The molecule has 0 aliphatic carbocycles. The number of hydrogen-bond donors (Lipinski definition) is 3. The molecule has 2 aromatic rings. The highest BCUT2D eigenvalue weighted by atomic mass is 19.1. The lowest BCUT2D eigenvalue weighted by molar-refractivity contribution is -0.121. The van der Waals surface area contributed by atoms with Gasteiger partial charge in [-0.1, -0.05) is 12.1 Å². The van der Waals surface area contributed by atoms with Gasteiger partial charge >= 0.3 is 6.09 Å². The molecule has 0 bridgehead atoms. The van der Waals surface area contributed by atoms with Crippen LogP contribution < -0.4 is 16.0 Å². The van der Waals surface area contributed by atoms with Gasteiger partial charge in [-0.25, -0.2) is 9.18 Å². The van der Waals surface area contributed by atoms with Gasteiger partial charge in [0.1, 0.15) is 5.82 Å². The van der Waals surface area contributed by atoms with Crippen LogP contribution in [0.3, 0.4) is 0 Å². The molecule has 0 fully saturated rings. The molecule has 2 rings (SSSR count). The fourth-order valence-corrected chi connectivity index (χ4v) is 2.32. The lowest BCUT2D eigenvalue weighted by Gasteiger charge is -2.08. The smallest absolute Gasteiger partial charge is 0.411 e. The predicted molar refractivity (Wildman–Crippen MR) is 102 cm³/mol. The van der Waals surface area contributed by atoms with Crippen molar-refractivity contribution in [3.05, 3.63) is 65.5 Å². The van der Waals surface area contributed by atoms with Crippen molar-refractivity contribution in [3.63, 3.8) is 0 Å². The monoisotopic (exact) mass is 387 g/mol. The lowest BCUT2D eigenvalue weighted by atomic mass is 10.2. The Morgan fingerprint density at radius 1 is 0.964 bits per heavy atom. The number of nitrogens with one attached hydrogen (secondary N) is 3. The van der Waals surface area contributed by atoms with E-state index in [4.69, 9.17) is 0 Å². The maximum Gasteiger partial charge on any atom is 0.411 e. The van der Waals surface area contributed by atoms with E-state index in [1.807, 2.05) is 0 Å². The molecule has 3 N–H and O–H groups in total. The molecule has 0 saturated heterocycles. The first-order chi connectivity index (χ1) is 13.5. The highest BCUT2D eigenvalue weighted by Gasteiger charge is 2.06. The first-order valence-corrected chi connectivity index (χ1v) is 8.72. The molecule has 148 valence electrons. The Morgan fingerprint density at radius 3 is 2.29 bits per heavy atom.